The molecule has 0 unspecified atom stereocenters. The second-order valence-electron chi connectivity index (χ2n) is 2.43. The minimum atomic E-state index is -0.326. The second kappa shape index (κ2) is 3.68. The predicted octanol–water partition coefficient (Wildman–Crippen LogP) is 2.92. The van der Waals surface area contributed by atoms with E-state index in [1.165, 1.54) is 12.1 Å². The average molecular weight is 186 g/mol. The Balaban J connectivity index is 3.18. The Morgan fingerprint density at radius 3 is 2.67 bits per heavy atom. The molecule has 0 saturated heterocycles. The molecule has 0 saturated carbocycles. The van der Waals surface area contributed by atoms with E-state index in [1.54, 1.807) is 13.1 Å². The molecule has 0 spiro atoms. The minimum absolute atomic E-state index is 0.326. The Morgan fingerprint density at radius 1 is 1.50 bits per heavy atom. The Bertz CT molecular complexity index is 320. The summed E-state index contributed by atoms with van der Waals surface area (Å²) in [5.74, 6) is -0.326. The first-order chi connectivity index (χ1) is 5.65. The lowest BCUT2D eigenvalue weighted by molar-refractivity contribution is 0.628. The first-order valence-corrected chi connectivity index (χ1v) is 3.91. The summed E-state index contributed by atoms with van der Waals surface area (Å²) in [5.41, 5.74) is 1.58. The fourth-order valence-electron chi connectivity index (χ4n) is 0.903. The van der Waals surface area contributed by atoms with Gasteiger partial charge < -0.3 is 0 Å². The van der Waals surface area contributed by atoms with Gasteiger partial charge in [0.2, 0.25) is 0 Å². The molecule has 0 bridgehead atoms. The summed E-state index contributed by atoms with van der Waals surface area (Å²) < 4.78 is 12.6. The number of benzene rings is 1. The van der Waals surface area contributed by atoms with Crippen molar-refractivity contribution < 1.29 is 4.39 Å². The first-order valence-electron chi connectivity index (χ1n) is 3.54. The van der Waals surface area contributed by atoms with Crippen LogP contribution in [0.25, 0.3) is 0 Å². The normalized spacial score (nSPS) is 11.8. The van der Waals surface area contributed by atoms with E-state index in [0.29, 0.717) is 5.02 Å². The zero-order chi connectivity index (χ0) is 9.14. The maximum absolute atomic E-state index is 12.6. The molecule has 64 valence electrons. The van der Waals surface area contributed by atoms with Crippen molar-refractivity contribution in [1.29, 1.82) is 0 Å². The van der Waals surface area contributed by atoms with E-state index in [-0.39, 0.29) is 5.82 Å². The topological polar surface area (TPSA) is 12.4 Å². The smallest absolute Gasteiger partial charge is 0.124 e. The fraction of sp³-hybridized carbons (Fsp3) is 0.222. The molecule has 0 aromatic heterocycles. The molecule has 0 atom stereocenters. The van der Waals surface area contributed by atoms with Crippen LogP contribution >= 0.6 is 11.6 Å². The van der Waals surface area contributed by atoms with Crippen LogP contribution in [-0.4, -0.2) is 12.8 Å². The molecule has 0 aliphatic rings. The minimum Gasteiger partial charge on any atom is -0.293 e. The van der Waals surface area contributed by atoms with Crippen molar-refractivity contribution in [2.45, 2.75) is 6.92 Å². The highest BCUT2D eigenvalue weighted by Gasteiger charge is 2.03. The molecule has 0 heterocycles. The van der Waals surface area contributed by atoms with Crippen LogP contribution in [0.15, 0.2) is 23.2 Å². The van der Waals surface area contributed by atoms with Gasteiger partial charge in [0.15, 0.2) is 0 Å². The van der Waals surface area contributed by atoms with Gasteiger partial charge in [-0.2, -0.15) is 0 Å². The molecule has 1 rings (SSSR count). The standard InChI is InChI=1S/C9H9ClFN/c1-6(12-2)8-4-3-7(11)5-9(8)10/h3-5H,1-2H3. The number of hydrogen-bond donors (Lipinski definition) is 0. The van der Waals surface area contributed by atoms with Gasteiger partial charge in [-0.1, -0.05) is 11.6 Å². The van der Waals surface area contributed by atoms with Crippen molar-refractivity contribution in [3.63, 3.8) is 0 Å². The lowest BCUT2D eigenvalue weighted by Crippen LogP contribution is -1.95. The quantitative estimate of drug-likeness (QED) is 0.597. The van der Waals surface area contributed by atoms with Crippen molar-refractivity contribution in [2.24, 2.45) is 4.99 Å². The molecule has 0 radical (unpaired) electrons. The predicted molar refractivity (Wildman–Crippen MR) is 49.5 cm³/mol. The zero-order valence-corrected chi connectivity index (χ0v) is 7.69. The molecule has 0 fully saturated rings. The third-order valence-corrected chi connectivity index (χ3v) is 1.97. The molecule has 1 aromatic carbocycles. The number of nitrogens with zero attached hydrogens (tertiary/aromatic N) is 1. The number of halogens is 2. The molecule has 0 aliphatic carbocycles. The van der Waals surface area contributed by atoms with Crippen LogP contribution < -0.4 is 0 Å². The number of hydrogen-bond acceptors (Lipinski definition) is 1. The lowest BCUT2D eigenvalue weighted by Gasteiger charge is -2.01. The van der Waals surface area contributed by atoms with E-state index in [0.717, 1.165) is 11.3 Å². The van der Waals surface area contributed by atoms with Gasteiger partial charge in [0, 0.05) is 18.3 Å². The first kappa shape index (κ1) is 9.20. The van der Waals surface area contributed by atoms with E-state index in [2.05, 4.69) is 4.99 Å². The molecule has 3 heteroatoms. The Labute approximate surface area is 75.9 Å². The number of aliphatic imine (C=N–C) groups is 1. The van der Waals surface area contributed by atoms with Crippen LogP contribution in [-0.2, 0) is 0 Å². The summed E-state index contributed by atoms with van der Waals surface area (Å²) in [7, 11) is 1.68. The number of rotatable bonds is 1. The summed E-state index contributed by atoms with van der Waals surface area (Å²) in [5, 5.41) is 0.401. The maximum Gasteiger partial charge on any atom is 0.124 e. The van der Waals surface area contributed by atoms with Crippen molar-refractivity contribution >= 4 is 17.3 Å². The largest absolute Gasteiger partial charge is 0.293 e. The van der Waals surface area contributed by atoms with E-state index < -0.39 is 0 Å². The molecule has 0 aliphatic heterocycles. The summed E-state index contributed by atoms with van der Waals surface area (Å²) in [6.45, 7) is 1.83. The van der Waals surface area contributed by atoms with Gasteiger partial charge >= 0.3 is 0 Å². The van der Waals surface area contributed by atoms with Gasteiger partial charge in [-0.3, -0.25) is 4.99 Å². The van der Waals surface area contributed by atoms with E-state index in [4.69, 9.17) is 11.6 Å². The van der Waals surface area contributed by atoms with Gasteiger partial charge in [-0.25, -0.2) is 4.39 Å². The van der Waals surface area contributed by atoms with Gasteiger partial charge in [-0.05, 0) is 25.1 Å². The zero-order valence-electron chi connectivity index (χ0n) is 6.94. The monoisotopic (exact) mass is 185 g/mol. The van der Waals surface area contributed by atoms with Crippen LogP contribution in [0.4, 0.5) is 4.39 Å². The van der Waals surface area contributed by atoms with Crippen LogP contribution in [0.2, 0.25) is 5.02 Å². The molecular weight excluding hydrogens is 177 g/mol. The Morgan fingerprint density at radius 2 is 2.17 bits per heavy atom. The highest BCUT2D eigenvalue weighted by atomic mass is 35.5. The van der Waals surface area contributed by atoms with Gasteiger partial charge in [-0.15, -0.1) is 0 Å². The maximum atomic E-state index is 12.6. The highest BCUT2D eigenvalue weighted by Crippen LogP contribution is 2.17. The van der Waals surface area contributed by atoms with Crippen LogP contribution in [0.1, 0.15) is 12.5 Å². The van der Waals surface area contributed by atoms with E-state index in [1.807, 2.05) is 6.92 Å². The SMILES string of the molecule is CN=C(C)c1ccc(F)cc1Cl. The third kappa shape index (κ3) is 1.83. The highest BCUT2D eigenvalue weighted by molar-refractivity contribution is 6.34. The summed E-state index contributed by atoms with van der Waals surface area (Å²) >= 11 is 5.78. The van der Waals surface area contributed by atoms with Crippen LogP contribution in [0.5, 0.6) is 0 Å². The average Bonchev–Trinajstić information content (AvgIpc) is 2.03. The summed E-state index contributed by atoms with van der Waals surface area (Å²) in [4.78, 5) is 3.96. The van der Waals surface area contributed by atoms with Crippen LogP contribution in [0, 0.1) is 5.82 Å². The molecule has 0 amide bonds. The summed E-state index contributed by atoms with van der Waals surface area (Å²) in [6.07, 6.45) is 0. The van der Waals surface area contributed by atoms with Crippen molar-refractivity contribution in [2.75, 3.05) is 7.05 Å². The third-order valence-electron chi connectivity index (χ3n) is 1.66. The van der Waals surface area contributed by atoms with Crippen LogP contribution in [0.3, 0.4) is 0 Å². The van der Waals surface area contributed by atoms with E-state index in [9.17, 15) is 4.39 Å². The van der Waals surface area contributed by atoms with Crippen molar-refractivity contribution in [1.82, 2.24) is 0 Å². The molecule has 1 nitrogen and oxygen atoms in total. The Kier molecular flexibility index (Phi) is 2.82. The molecule has 0 N–H and O–H groups in total. The Hall–Kier alpha value is -0.890. The van der Waals surface area contributed by atoms with Gasteiger partial charge in [0.1, 0.15) is 5.82 Å². The van der Waals surface area contributed by atoms with Crippen molar-refractivity contribution in [3.8, 4) is 0 Å². The molecular formula is C9H9ClFN. The van der Waals surface area contributed by atoms with Crippen molar-refractivity contribution in [3.05, 3.63) is 34.6 Å². The molecule has 12 heavy (non-hydrogen) atoms. The second-order valence-corrected chi connectivity index (χ2v) is 2.84. The lowest BCUT2D eigenvalue weighted by atomic mass is 10.1. The molecule has 1 aromatic rings. The van der Waals surface area contributed by atoms with Gasteiger partial charge in [0.25, 0.3) is 0 Å². The van der Waals surface area contributed by atoms with Gasteiger partial charge in [0.05, 0.1) is 5.02 Å². The summed E-state index contributed by atoms with van der Waals surface area (Å²) in [6, 6.07) is 4.28. The fourth-order valence-corrected chi connectivity index (χ4v) is 1.21. The van der Waals surface area contributed by atoms with E-state index >= 15 is 0 Å².